The second kappa shape index (κ2) is 8.34. The summed E-state index contributed by atoms with van der Waals surface area (Å²) in [4.78, 5) is 18.4. The number of ether oxygens (including phenoxy) is 1. The fourth-order valence-corrected chi connectivity index (χ4v) is 4.28. The fourth-order valence-electron chi connectivity index (χ4n) is 4.28. The van der Waals surface area contributed by atoms with Crippen LogP contribution in [-0.4, -0.2) is 20.2 Å². The molecule has 30 heavy (non-hydrogen) atoms. The highest BCUT2D eigenvalue weighted by molar-refractivity contribution is 5.49. The summed E-state index contributed by atoms with van der Waals surface area (Å²) in [5.74, 6) is 1.19. The molecule has 1 saturated carbocycles. The van der Waals surface area contributed by atoms with E-state index in [-0.39, 0.29) is 6.61 Å². The number of aromatic amines is 1. The maximum Gasteiger partial charge on any atom is 0.439 e. The third-order valence-corrected chi connectivity index (χ3v) is 6.12. The summed E-state index contributed by atoms with van der Waals surface area (Å²) in [6, 6.07) is 5.70. The molecule has 0 saturated heterocycles. The molecular weight excluding hydrogens is 382 g/mol. The zero-order chi connectivity index (χ0) is 21.3. The number of benzene rings is 1. The number of pyridine rings is 1. The number of nitrogens with one attached hydrogen (secondary N) is 1. The molecule has 4 rings (SSSR count). The smallest absolute Gasteiger partial charge is 0.439 e. The van der Waals surface area contributed by atoms with E-state index < -0.39 is 5.76 Å². The van der Waals surface area contributed by atoms with Gasteiger partial charge in [-0.2, -0.15) is 0 Å². The van der Waals surface area contributed by atoms with Crippen LogP contribution in [0.5, 0.6) is 11.5 Å². The first-order valence-corrected chi connectivity index (χ1v) is 10.4. The summed E-state index contributed by atoms with van der Waals surface area (Å²) >= 11 is 0. The van der Waals surface area contributed by atoms with Gasteiger partial charge in [0.15, 0.2) is 5.82 Å². The zero-order valence-electron chi connectivity index (χ0n) is 17.6. The molecule has 0 bridgehead atoms. The SMILES string of the molecule is Cc1cc(OCc2noc(=O)[nH]2)c(C)c(C)c1Cc1ccc(O)c(C2CCCC2)n1. The highest BCUT2D eigenvalue weighted by Crippen LogP contribution is 2.37. The van der Waals surface area contributed by atoms with Gasteiger partial charge in [0.1, 0.15) is 18.1 Å². The van der Waals surface area contributed by atoms with Crippen molar-refractivity contribution in [2.24, 2.45) is 0 Å². The van der Waals surface area contributed by atoms with Crippen molar-refractivity contribution in [2.45, 2.75) is 65.4 Å². The topological polar surface area (TPSA) is 101 Å². The first-order chi connectivity index (χ1) is 14.4. The van der Waals surface area contributed by atoms with Gasteiger partial charge in [0, 0.05) is 18.0 Å². The van der Waals surface area contributed by atoms with Crippen molar-refractivity contribution < 1.29 is 14.4 Å². The van der Waals surface area contributed by atoms with Gasteiger partial charge in [0.2, 0.25) is 0 Å². The van der Waals surface area contributed by atoms with Crippen molar-refractivity contribution in [3.63, 3.8) is 0 Å². The molecule has 0 radical (unpaired) electrons. The van der Waals surface area contributed by atoms with E-state index in [4.69, 9.17) is 9.72 Å². The van der Waals surface area contributed by atoms with Gasteiger partial charge < -0.3 is 9.84 Å². The van der Waals surface area contributed by atoms with E-state index >= 15 is 0 Å². The molecule has 7 heteroatoms. The zero-order valence-corrected chi connectivity index (χ0v) is 17.6. The lowest BCUT2D eigenvalue weighted by atomic mass is 9.93. The van der Waals surface area contributed by atoms with Crippen LogP contribution in [0.1, 0.15) is 71.1 Å². The second-order valence-corrected chi connectivity index (χ2v) is 8.12. The minimum absolute atomic E-state index is 0.134. The second-order valence-electron chi connectivity index (χ2n) is 8.12. The van der Waals surface area contributed by atoms with Crippen LogP contribution in [0.15, 0.2) is 27.5 Å². The van der Waals surface area contributed by atoms with E-state index in [1.165, 1.54) is 18.4 Å². The minimum atomic E-state index is -0.591. The molecule has 2 N–H and O–H groups in total. The van der Waals surface area contributed by atoms with E-state index in [0.717, 1.165) is 46.7 Å². The predicted octanol–water partition coefficient (Wildman–Crippen LogP) is 4.22. The molecule has 7 nitrogen and oxygen atoms in total. The van der Waals surface area contributed by atoms with Crippen molar-refractivity contribution in [1.82, 2.24) is 15.1 Å². The molecule has 0 spiro atoms. The number of aromatic hydroxyl groups is 1. The summed E-state index contributed by atoms with van der Waals surface area (Å²) in [6.07, 6.45) is 5.32. The van der Waals surface area contributed by atoms with E-state index in [9.17, 15) is 9.90 Å². The number of hydrogen-bond acceptors (Lipinski definition) is 6. The fraction of sp³-hybridized carbons (Fsp3) is 0.435. The van der Waals surface area contributed by atoms with Crippen LogP contribution >= 0.6 is 0 Å². The van der Waals surface area contributed by atoms with Crippen molar-refractivity contribution in [3.05, 3.63) is 68.2 Å². The van der Waals surface area contributed by atoms with E-state index in [1.807, 2.05) is 19.1 Å². The van der Waals surface area contributed by atoms with Crippen LogP contribution in [0.2, 0.25) is 0 Å². The summed E-state index contributed by atoms with van der Waals surface area (Å²) in [7, 11) is 0. The molecule has 2 aromatic heterocycles. The minimum Gasteiger partial charge on any atom is -0.506 e. The van der Waals surface area contributed by atoms with Gasteiger partial charge in [-0.05, 0) is 74.1 Å². The third-order valence-electron chi connectivity index (χ3n) is 6.12. The molecule has 3 aromatic rings. The summed E-state index contributed by atoms with van der Waals surface area (Å²) in [5, 5.41) is 13.9. The first-order valence-electron chi connectivity index (χ1n) is 10.4. The van der Waals surface area contributed by atoms with Crippen molar-refractivity contribution >= 4 is 0 Å². The number of H-pyrrole nitrogens is 1. The molecule has 1 aliphatic carbocycles. The highest BCUT2D eigenvalue weighted by Gasteiger charge is 2.22. The largest absolute Gasteiger partial charge is 0.506 e. The molecule has 1 aromatic carbocycles. The Hall–Kier alpha value is -3.09. The average Bonchev–Trinajstić information content (AvgIpc) is 3.40. The molecule has 2 heterocycles. The Labute approximate surface area is 175 Å². The molecule has 0 unspecified atom stereocenters. The summed E-state index contributed by atoms with van der Waals surface area (Å²) in [6.45, 7) is 6.30. The van der Waals surface area contributed by atoms with E-state index in [2.05, 4.69) is 28.5 Å². The van der Waals surface area contributed by atoms with Gasteiger partial charge in [-0.3, -0.25) is 14.5 Å². The number of aromatic nitrogens is 3. The Morgan fingerprint density at radius 1 is 1.20 bits per heavy atom. The van der Waals surface area contributed by atoms with Gasteiger partial charge in [0.05, 0.1) is 5.69 Å². The van der Waals surface area contributed by atoms with Gasteiger partial charge in [-0.1, -0.05) is 18.0 Å². The lowest BCUT2D eigenvalue weighted by Crippen LogP contribution is -2.06. The Balaban J connectivity index is 1.56. The standard InChI is InChI=1S/C23H27N3O4/c1-13-10-20(29-12-21-25-23(28)30-26-21)15(3)14(2)18(13)11-17-8-9-19(27)22(24-17)16-6-4-5-7-16/h8-10,16,27H,4-7,11-12H2,1-3H3,(H,25,26,28). The van der Waals surface area contributed by atoms with Gasteiger partial charge in [-0.25, -0.2) is 4.79 Å². The molecular formula is C23H27N3O4. The first kappa shape index (κ1) is 20.2. The number of rotatable bonds is 6. The van der Waals surface area contributed by atoms with Crippen molar-refractivity contribution in [1.29, 1.82) is 0 Å². The van der Waals surface area contributed by atoms with E-state index in [0.29, 0.717) is 23.9 Å². The Bertz CT molecular complexity index is 1110. The maximum absolute atomic E-state index is 11.1. The number of hydrogen-bond donors (Lipinski definition) is 2. The highest BCUT2D eigenvalue weighted by atomic mass is 16.5. The van der Waals surface area contributed by atoms with E-state index in [1.54, 1.807) is 6.07 Å². The van der Waals surface area contributed by atoms with Crippen LogP contribution in [0, 0.1) is 20.8 Å². The number of nitrogens with zero attached hydrogens (tertiary/aromatic N) is 2. The monoisotopic (exact) mass is 409 g/mol. The lowest BCUT2D eigenvalue weighted by molar-refractivity contribution is 0.283. The van der Waals surface area contributed by atoms with Crippen LogP contribution < -0.4 is 10.5 Å². The Morgan fingerprint density at radius 2 is 1.97 bits per heavy atom. The lowest BCUT2D eigenvalue weighted by Gasteiger charge is -2.18. The van der Waals surface area contributed by atoms with Crippen molar-refractivity contribution in [2.75, 3.05) is 0 Å². The van der Waals surface area contributed by atoms with Crippen LogP contribution in [0.3, 0.4) is 0 Å². The van der Waals surface area contributed by atoms with Crippen LogP contribution in [-0.2, 0) is 13.0 Å². The summed E-state index contributed by atoms with van der Waals surface area (Å²) in [5.41, 5.74) is 6.32. The normalized spacial score (nSPS) is 14.4. The molecule has 0 aliphatic heterocycles. The Morgan fingerprint density at radius 3 is 2.67 bits per heavy atom. The number of aryl methyl sites for hydroxylation is 1. The van der Waals surface area contributed by atoms with Crippen molar-refractivity contribution in [3.8, 4) is 11.5 Å². The quantitative estimate of drug-likeness (QED) is 0.632. The molecule has 1 aliphatic rings. The molecule has 0 atom stereocenters. The third kappa shape index (κ3) is 4.10. The summed E-state index contributed by atoms with van der Waals surface area (Å²) < 4.78 is 10.4. The maximum atomic E-state index is 11.1. The van der Waals surface area contributed by atoms with Crippen LogP contribution in [0.4, 0.5) is 0 Å². The average molecular weight is 409 g/mol. The van der Waals surface area contributed by atoms with Gasteiger partial charge in [-0.15, -0.1) is 0 Å². The van der Waals surface area contributed by atoms with Gasteiger partial charge in [0.25, 0.3) is 0 Å². The predicted molar refractivity (Wildman–Crippen MR) is 112 cm³/mol. The Kier molecular flexibility index (Phi) is 5.61. The van der Waals surface area contributed by atoms with Gasteiger partial charge >= 0.3 is 5.76 Å². The molecule has 158 valence electrons. The molecule has 0 amide bonds. The van der Waals surface area contributed by atoms with Crippen LogP contribution in [0.25, 0.3) is 0 Å². The molecule has 1 fully saturated rings.